The van der Waals surface area contributed by atoms with Crippen LogP contribution in [0.3, 0.4) is 0 Å². The zero-order chi connectivity index (χ0) is 16.0. The van der Waals surface area contributed by atoms with Crippen molar-refractivity contribution in [2.75, 3.05) is 7.05 Å². The molecule has 2 nitrogen and oxygen atoms in total. The molecule has 2 saturated heterocycles. The Hall–Kier alpha value is -1.67. The molecule has 2 aliphatic heterocycles. The van der Waals surface area contributed by atoms with Gasteiger partial charge in [-0.15, -0.1) is 0 Å². The predicted octanol–water partition coefficient (Wildman–Crippen LogP) is 4.39. The average Bonchev–Trinajstić information content (AvgIpc) is 2.83. The molecule has 4 atom stereocenters. The van der Waals surface area contributed by atoms with Gasteiger partial charge in [-0.25, -0.2) is 0 Å². The molecule has 2 fully saturated rings. The zero-order valence-electron chi connectivity index (χ0n) is 14.0. The SMILES string of the molecule is CCC(=O)[C@@H]1[C@H](c2ccc3ccccc3c2)C[C@H]2CC[C@@H]1N2C. The van der Waals surface area contributed by atoms with Gasteiger partial charge < -0.3 is 0 Å². The summed E-state index contributed by atoms with van der Waals surface area (Å²) in [6.07, 6.45) is 4.21. The Morgan fingerprint density at radius 3 is 2.70 bits per heavy atom. The number of hydrogen-bond acceptors (Lipinski definition) is 2. The fourth-order valence-corrected chi connectivity index (χ4v) is 4.92. The molecule has 2 aromatic rings. The van der Waals surface area contributed by atoms with Gasteiger partial charge >= 0.3 is 0 Å². The standard InChI is InChI=1S/C21H25NO/c1-3-20(23)21-18(13-17-10-11-19(21)22(17)2)16-9-8-14-6-4-5-7-15(14)12-16/h4-9,12,17-19,21H,3,10-11,13H2,1-2H3/t17-,18+,19+,21-/m1/s1. The Bertz CT molecular complexity index is 737. The fraction of sp³-hybridized carbons (Fsp3) is 0.476. The first-order valence-corrected chi connectivity index (χ1v) is 8.92. The highest BCUT2D eigenvalue weighted by Gasteiger charge is 2.48. The number of rotatable bonds is 3. The number of carbonyl (C=O) groups excluding carboxylic acids is 1. The first kappa shape index (κ1) is 14.9. The molecule has 0 aliphatic carbocycles. The molecule has 4 rings (SSSR count). The highest BCUT2D eigenvalue weighted by molar-refractivity contribution is 5.85. The lowest BCUT2D eigenvalue weighted by Crippen LogP contribution is -2.48. The van der Waals surface area contributed by atoms with Crippen molar-refractivity contribution < 1.29 is 4.79 Å². The van der Waals surface area contributed by atoms with E-state index in [1.807, 2.05) is 6.92 Å². The van der Waals surface area contributed by atoms with E-state index in [4.69, 9.17) is 0 Å². The minimum atomic E-state index is 0.171. The van der Waals surface area contributed by atoms with Crippen LogP contribution >= 0.6 is 0 Å². The van der Waals surface area contributed by atoms with Gasteiger partial charge in [0, 0.05) is 24.4 Å². The minimum Gasteiger partial charge on any atom is -0.300 e. The molecule has 2 heteroatoms. The lowest BCUT2D eigenvalue weighted by Gasteiger charge is -2.42. The first-order valence-electron chi connectivity index (χ1n) is 8.92. The summed E-state index contributed by atoms with van der Waals surface area (Å²) in [5.41, 5.74) is 1.36. The normalized spacial score (nSPS) is 30.7. The largest absolute Gasteiger partial charge is 0.300 e. The first-order chi connectivity index (χ1) is 11.2. The summed E-state index contributed by atoms with van der Waals surface area (Å²) in [6, 6.07) is 16.4. The van der Waals surface area contributed by atoms with Crippen molar-refractivity contribution in [1.29, 1.82) is 0 Å². The van der Waals surface area contributed by atoms with Crippen molar-refractivity contribution >= 4 is 16.6 Å². The molecule has 0 aromatic heterocycles. The third-order valence-corrected chi connectivity index (χ3v) is 6.19. The van der Waals surface area contributed by atoms with E-state index in [1.165, 1.54) is 29.2 Å². The second-order valence-electron chi connectivity index (χ2n) is 7.26. The van der Waals surface area contributed by atoms with Gasteiger partial charge in [-0.2, -0.15) is 0 Å². The number of piperidine rings is 1. The predicted molar refractivity (Wildman–Crippen MR) is 94.7 cm³/mol. The Kier molecular flexibility index (Phi) is 3.73. The monoisotopic (exact) mass is 307 g/mol. The molecule has 2 aliphatic rings. The average molecular weight is 307 g/mol. The van der Waals surface area contributed by atoms with Crippen LogP contribution in [0.4, 0.5) is 0 Å². The number of nitrogens with zero attached hydrogens (tertiary/aromatic N) is 1. The smallest absolute Gasteiger partial charge is 0.137 e. The van der Waals surface area contributed by atoms with E-state index in [0.717, 1.165) is 6.42 Å². The van der Waals surface area contributed by atoms with Crippen LogP contribution in [0.2, 0.25) is 0 Å². The molecule has 23 heavy (non-hydrogen) atoms. The summed E-state index contributed by atoms with van der Waals surface area (Å²) in [5.74, 6) is 1.01. The van der Waals surface area contributed by atoms with E-state index in [2.05, 4.69) is 54.4 Å². The zero-order valence-corrected chi connectivity index (χ0v) is 14.0. The third kappa shape index (κ3) is 2.40. The van der Waals surface area contributed by atoms with E-state index in [1.54, 1.807) is 0 Å². The van der Waals surface area contributed by atoms with E-state index in [0.29, 0.717) is 30.2 Å². The van der Waals surface area contributed by atoms with Crippen LogP contribution in [-0.2, 0) is 4.79 Å². The Morgan fingerprint density at radius 1 is 1.13 bits per heavy atom. The number of fused-ring (bicyclic) bond motifs is 3. The van der Waals surface area contributed by atoms with Crippen molar-refractivity contribution in [3.8, 4) is 0 Å². The molecule has 2 bridgehead atoms. The molecule has 0 radical (unpaired) electrons. The van der Waals surface area contributed by atoms with Crippen molar-refractivity contribution in [3.05, 3.63) is 48.0 Å². The van der Waals surface area contributed by atoms with Crippen molar-refractivity contribution in [1.82, 2.24) is 4.90 Å². The summed E-state index contributed by atoms with van der Waals surface area (Å²) in [7, 11) is 2.22. The van der Waals surface area contributed by atoms with Gasteiger partial charge in [0.25, 0.3) is 0 Å². The lowest BCUT2D eigenvalue weighted by atomic mass is 9.73. The maximum atomic E-state index is 12.7. The van der Waals surface area contributed by atoms with Crippen LogP contribution in [0.15, 0.2) is 42.5 Å². The summed E-state index contributed by atoms with van der Waals surface area (Å²) in [4.78, 5) is 15.2. The highest BCUT2D eigenvalue weighted by atomic mass is 16.1. The minimum absolute atomic E-state index is 0.171. The Balaban J connectivity index is 1.76. The maximum Gasteiger partial charge on any atom is 0.137 e. The molecule has 0 amide bonds. The molecular weight excluding hydrogens is 282 g/mol. The molecule has 0 spiro atoms. The second-order valence-corrected chi connectivity index (χ2v) is 7.26. The summed E-state index contributed by atoms with van der Waals surface area (Å²) >= 11 is 0. The van der Waals surface area contributed by atoms with Gasteiger partial charge in [0.15, 0.2) is 0 Å². The summed E-state index contributed by atoms with van der Waals surface area (Å²) in [5, 5.41) is 2.57. The molecule has 0 N–H and O–H groups in total. The van der Waals surface area contributed by atoms with Gasteiger partial charge in [-0.3, -0.25) is 9.69 Å². The van der Waals surface area contributed by atoms with Crippen LogP contribution in [0.5, 0.6) is 0 Å². The van der Waals surface area contributed by atoms with E-state index >= 15 is 0 Å². The van der Waals surface area contributed by atoms with Crippen LogP contribution < -0.4 is 0 Å². The van der Waals surface area contributed by atoms with Crippen LogP contribution in [0.25, 0.3) is 10.8 Å². The second kappa shape index (κ2) is 5.76. The van der Waals surface area contributed by atoms with Crippen LogP contribution in [0.1, 0.15) is 44.1 Å². The number of hydrogen-bond donors (Lipinski definition) is 0. The summed E-state index contributed by atoms with van der Waals surface area (Å²) < 4.78 is 0. The Morgan fingerprint density at radius 2 is 1.91 bits per heavy atom. The van der Waals surface area contributed by atoms with Crippen LogP contribution in [-0.4, -0.2) is 29.8 Å². The number of benzene rings is 2. The lowest BCUT2D eigenvalue weighted by molar-refractivity contribution is -0.126. The van der Waals surface area contributed by atoms with Crippen LogP contribution in [0, 0.1) is 5.92 Å². The number of ketones is 1. The van der Waals surface area contributed by atoms with Gasteiger partial charge in [-0.05, 0) is 48.6 Å². The van der Waals surface area contributed by atoms with E-state index in [-0.39, 0.29) is 5.92 Å². The summed E-state index contributed by atoms with van der Waals surface area (Å²) in [6.45, 7) is 2.01. The van der Waals surface area contributed by atoms with Gasteiger partial charge in [0.2, 0.25) is 0 Å². The Labute approximate surface area is 138 Å². The molecule has 120 valence electrons. The topological polar surface area (TPSA) is 20.3 Å². The van der Waals surface area contributed by atoms with Gasteiger partial charge in [-0.1, -0.05) is 49.4 Å². The van der Waals surface area contributed by atoms with E-state index < -0.39 is 0 Å². The highest BCUT2D eigenvalue weighted by Crippen LogP contribution is 2.47. The molecule has 2 heterocycles. The fourth-order valence-electron chi connectivity index (χ4n) is 4.92. The van der Waals surface area contributed by atoms with E-state index in [9.17, 15) is 4.79 Å². The molecule has 0 unspecified atom stereocenters. The molecule has 2 aromatic carbocycles. The number of carbonyl (C=O) groups is 1. The number of Topliss-reactive ketones (excluding diaryl/α,β-unsaturated/α-hetero) is 1. The van der Waals surface area contributed by atoms with Gasteiger partial charge in [0.05, 0.1) is 0 Å². The molecular formula is C21H25NO. The van der Waals surface area contributed by atoms with Gasteiger partial charge in [0.1, 0.15) is 5.78 Å². The quantitative estimate of drug-likeness (QED) is 0.838. The third-order valence-electron chi connectivity index (χ3n) is 6.19. The van der Waals surface area contributed by atoms with Crippen molar-refractivity contribution in [2.45, 2.75) is 50.6 Å². The molecule has 0 saturated carbocycles. The van der Waals surface area contributed by atoms with Crippen molar-refractivity contribution in [3.63, 3.8) is 0 Å². The maximum absolute atomic E-state index is 12.7. The van der Waals surface area contributed by atoms with Crippen molar-refractivity contribution in [2.24, 2.45) is 5.92 Å².